The van der Waals surface area contributed by atoms with Crippen molar-refractivity contribution in [3.8, 4) is 5.75 Å². The van der Waals surface area contributed by atoms with E-state index in [-0.39, 0.29) is 12.5 Å². The first-order valence-corrected chi connectivity index (χ1v) is 6.47. The molecule has 0 spiro atoms. The van der Waals surface area contributed by atoms with Gasteiger partial charge in [-0.1, -0.05) is 29.8 Å². The molecule has 0 bridgehead atoms. The lowest BCUT2D eigenvalue weighted by molar-refractivity contribution is -0.118. The van der Waals surface area contributed by atoms with Crippen LogP contribution in [0.15, 0.2) is 42.5 Å². The standard InChI is InChI=1S/C15H15ClN2O2/c1-10-4-2-3-5-13(10)18-15(19)9-20-14-8-11(17)6-7-12(14)16/h2-8H,9,17H2,1H3,(H,18,19). The quantitative estimate of drug-likeness (QED) is 0.850. The number of para-hydroxylation sites is 1. The molecule has 2 rings (SSSR count). The monoisotopic (exact) mass is 290 g/mol. The third kappa shape index (κ3) is 3.65. The Hall–Kier alpha value is -2.20. The summed E-state index contributed by atoms with van der Waals surface area (Å²) in [6.45, 7) is 1.79. The van der Waals surface area contributed by atoms with Gasteiger partial charge in [0.15, 0.2) is 6.61 Å². The maximum Gasteiger partial charge on any atom is 0.262 e. The van der Waals surface area contributed by atoms with Crippen LogP contribution < -0.4 is 15.8 Å². The number of carbonyl (C=O) groups is 1. The van der Waals surface area contributed by atoms with Crippen LogP contribution in [-0.2, 0) is 4.79 Å². The van der Waals surface area contributed by atoms with Crippen LogP contribution in [0.25, 0.3) is 0 Å². The third-order valence-corrected chi connectivity index (χ3v) is 3.05. The van der Waals surface area contributed by atoms with E-state index in [1.54, 1.807) is 18.2 Å². The van der Waals surface area contributed by atoms with Gasteiger partial charge < -0.3 is 15.8 Å². The van der Waals surface area contributed by atoms with Crippen molar-refractivity contribution in [1.29, 1.82) is 0 Å². The highest BCUT2D eigenvalue weighted by atomic mass is 35.5. The van der Waals surface area contributed by atoms with Crippen LogP contribution in [0, 0.1) is 6.92 Å². The minimum atomic E-state index is -0.252. The molecule has 1 amide bonds. The van der Waals surface area contributed by atoms with Crippen LogP contribution >= 0.6 is 11.6 Å². The number of aryl methyl sites for hydroxylation is 1. The molecule has 0 heterocycles. The number of rotatable bonds is 4. The van der Waals surface area contributed by atoms with Gasteiger partial charge in [-0.15, -0.1) is 0 Å². The molecule has 5 heteroatoms. The van der Waals surface area contributed by atoms with Gasteiger partial charge in [-0.3, -0.25) is 4.79 Å². The highest BCUT2D eigenvalue weighted by molar-refractivity contribution is 6.32. The van der Waals surface area contributed by atoms with E-state index in [1.165, 1.54) is 0 Å². The van der Waals surface area contributed by atoms with Gasteiger partial charge in [-0.25, -0.2) is 0 Å². The number of benzene rings is 2. The van der Waals surface area contributed by atoms with Gasteiger partial charge in [-0.2, -0.15) is 0 Å². The second-order valence-electron chi connectivity index (χ2n) is 4.34. The Kier molecular flexibility index (Phi) is 4.48. The zero-order valence-electron chi connectivity index (χ0n) is 11.0. The summed E-state index contributed by atoms with van der Waals surface area (Å²) in [7, 11) is 0. The fourth-order valence-corrected chi connectivity index (χ4v) is 1.85. The molecule has 20 heavy (non-hydrogen) atoms. The number of hydrogen-bond donors (Lipinski definition) is 2. The van der Waals surface area contributed by atoms with Gasteiger partial charge in [0.1, 0.15) is 5.75 Å². The number of hydrogen-bond acceptors (Lipinski definition) is 3. The summed E-state index contributed by atoms with van der Waals surface area (Å²) in [5.74, 6) is 0.143. The molecule has 3 N–H and O–H groups in total. The fourth-order valence-electron chi connectivity index (χ4n) is 1.67. The summed E-state index contributed by atoms with van der Waals surface area (Å²) < 4.78 is 5.37. The largest absolute Gasteiger partial charge is 0.482 e. The van der Waals surface area contributed by atoms with E-state index in [1.807, 2.05) is 31.2 Å². The van der Waals surface area contributed by atoms with Gasteiger partial charge in [0.25, 0.3) is 5.91 Å². The number of nitrogens with one attached hydrogen (secondary N) is 1. The summed E-state index contributed by atoms with van der Waals surface area (Å²) in [4.78, 5) is 11.8. The Bertz CT molecular complexity index is 629. The molecule has 0 unspecified atom stereocenters. The molecule has 104 valence electrons. The molecule has 0 aliphatic rings. The second-order valence-corrected chi connectivity index (χ2v) is 4.75. The predicted octanol–water partition coefficient (Wildman–Crippen LogP) is 3.25. The Balaban J connectivity index is 1.96. The SMILES string of the molecule is Cc1ccccc1NC(=O)COc1cc(N)ccc1Cl. The second kappa shape index (κ2) is 6.30. The first-order chi connectivity index (χ1) is 9.56. The summed E-state index contributed by atoms with van der Waals surface area (Å²) in [5.41, 5.74) is 7.92. The molecule has 0 radical (unpaired) electrons. The summed E-state index contributed by atoms with van der Waals surface area (Å²) in [5, 5.41) is 3.20. The molecule has 0 atom stereocenters. The molecule has 0 saturated heterocycles. The Morgan fingerprint density at radius 2 is 2.05 bits per heavy atom. The lowest BCUT2D eigenvalue weighted by Gasteiger charge is -2.10. The van der Waals surface area contributed by atoms with Crippen LogP contribution in [0.3, 0.4) is 0 Å². The van der Waals surface area contributed by atoms with Crippen molar-refractivity contribution in [2.75, 3.05) is 17.7 Å². The average Bonchev–Trinajstić information content (AvgIpc) is 2.42. The van der Waals surface area contributed by atoms with E-state index in [2.05, 4.69) is 5.32 Å². The molecule has 2 aromatic carbocycles. The number of ether oxygens (including phenoxy) is 1. The summed E-state index contributed by atoms with van der Waals surface area (Å²) in [6, 6.07) is 12.4. The molecule has 0 saturated carbocycles. The first kappa shape index (κ1) is 14.2. The molecule has 2 aromatic rings. The van der Waals surface area contributed by atoms with Crippen molar-refractivity contribution in [1.82, 2.24) is 0 Å². The molecule has 4 nitrogen and oxygen atoms in total. The minimum absolute atomic E-state index is 0.127. The van der Waals surface area contributed by atoms with Crippen molar-refractivity contribution in [3.05, 3.63) is 53.1 Å². The predicted molar refractivity (Wildman–Crippen MR) is 81.2 cm³/mol. The number of nitrogen functional groups attached to an aromatic ring is 1. The van der Waals surface area contributed by atoms with Crippen LogP contribution in [-0.4, -0.2) is 12.5 Å². The van der Waals surface area contributed by atoms with E-state index >= 15 is 0 Å². The van der Waals surface area contributed by atoms with Gasteiger partial charge in [0.05, 0.1) is 5.02 Å². The van der Waals surface area contributed by atoms with E-state index in [0.717, 1.165) is 11.3 Å². The topological polar surface area (TPSA) is 64.3 Å². The van der Waals surface area contributed by atoms with Gasteiger partial charge in [-0.05, 0) is 30.7 Å². The lowest BCUT2D eigenvalue weighted by Crippen LogP contribution is -2.20. The van der Waals surface area contributed by atoms with Crippen molar-refractivity contribution in [2.45, 2.75) is 6.92 Å². The summed E-state index contributed by atoms with van der Waals surface area (Å²) >= 11 is 5.95. The molecular weight excluding hydrogens is 276 g/mol. The highest BCUT2D eigenvalue weighted by Crippen LogP contribution is 2.26. The van der Waals surface area contributed by atoms with E-state index in [4.69, 9.17) is 22.1 Å². The minimum Gasteiger partial charge on any atom is -0.482 e. The smallest absolute Gasteiger partial charge is 0.262 e. The van der Waals surface area contributed by atoms with E-state index in [9.17, 15) is 4.79 Å². The molecule has 0 fully saturated rings. The zero-order chi connectivity index (χ0) is 14.5. The number of halogens is 1. The molecule has 0 aliphatic carbocycles. The Morgan fingerprint density at radius 1 is 1.30 bits per heavy atom. The van der Waals surface area contributed by atoms with Crippen LogP contribution in [0.5, 0.6) is 5.75 Å². The number of nitrogens with two attached hydrogens (primary N) is 1. The van der Waals surface area contributed by atoms with Crippen molar-refractivity contribution < 1.29 is 9.53 Å². The van der Waals surface area contributed by atoms with E-state index < -0.39 is 0 Å². The lowest BCUT2D eigenvalue weighted by atomic mass is 10.2. The first-order valence-electron chi connectivity index (χ1n) is 6.09. The van der Waals surface area contributed by atoms with E-state index in [0.29, 0.717) is 16.5 Å². The molecule has 0 aliphatic heterocycles. The van der Waals surface area contributed by atoms with Crippen molar-refractivity contribution in [3.63, 3.8) is 0 Å². The average molecular weight is 291 g/mol. The van der Waals surface area contributed by atoms with Crippen LogP contribution in [0.1, 0.15) is 5.56 Å². The van der Waals surface area contributed by atoms with Crippen molar-refractivity contribution >= 4 is 28.9 Å². The van der Waals surface area contributed by atoms with Crippen molar-refractivity contribution in [2.24, 2.45) is 0 Å². The maximum absolute atomic E-state index is 11.8. The summed E-state index contributed by atoms with van der Waals surface area (Å²) in [6.07, 6.45) is 0. The molecule has 0 aromatic heterocycles. The fraction of sp³-hybridized carbons (Fsp3) is 0.133. The number of anilines is 2. The van der Waals surface area contributed by atoms with Crippen LogP contribution in [0.2, 0.25) is 5.02 Å². The third-order valence-electron chi connectivity index (χ3n) is 2.73. The van der Waals surface area contributed by atoms with Gasteiger partial charge in [0.2, 0.25) is 0 Å². The molecular formula is C15H15ClN2O2. The number of amides is 1. The van der Waals surface area contributed by atoms with Crippen LogP contribution in [0.4, 0.5) is 11.4 Å². The van der Waals surface area contributed by atoms with Gasteiger partial charge >= 0.3 is 0 Å². The maximum atomic E-state index is 11.8. The highest BCUT2D eigenvalue weighted by Gasteiger charge is 2.07. The Morgan fingerprint density at radius 3 is 2.80 bits per heavy atom. The Labute approximate surface area is 122 Å². The number of carbonyl (C=O) groups excluding carboxylic acids is 1. The van der Waals surface area contributed by atoms with Gasteiger partial charge in [0, 0.05) is 17.4 Å². The zero-order valence-corrected chi connectivity index (χ0v) is 11.8. The normalized spacial score (nSPS) is 10.1.